The number of rotatable bonds is 1. The highest BCUT2D eigenvalue weighted by atomic mass is 19.1. The number of benzene rings is 1. The molecule has 1 fully saturated rings. The van der Waals surface area contributed by atoms with Crippen molar-refractivity contribution in [2.75, 3.05) is 5.73 Å². The van der Waals surface area contributed by atoms with Gasteiger partial charge in [-0.2, -0.15) is 0 Å². The van der Waals surface area contributed by atoms with Gasteiger partial charge in [-0.1, -0.05) is 5.21 Å². The summed E-state index contributed by atoms with van der Waals surface area (Å²) in [5.74, 6) is -3.13. The first-order chi connectivity index (χ1) is 10.6. The number of hydrogen-bond acceptors (Lipinski definition) is 4. The lowest BCUT2D eigenvalue weighted by Gasteiger charge is -2.52. The standard InChI is InChI=1S/C13H9B3FN3O3/c14-12(15)3-9(21)19-11(23)13(12,16)20-4-7-6(10(20)22)1-5(17)2-8(7)18/h1-2H,3-4,18H2,(H,19,21,23)/t13-/m1/s1. The Kier molecular flexibility index (Phi) is 3.15. The van der Waals surface area contributed by atoms with Crippen LogP contribution in [0.3, 0.4) is 0 Å². The third-order valence-corrected chi connectivity index (χ3v) is 4.23. The molecular formula is C13H9B3FN3O3. The van der Waals surface area contributed by atoms with Gasteiger partial charge in [-0.05, 0) is 12.1 Å². The predicted octanol–water partition coefficient (Wildman–Crippen LogP) is -1.27. The topological polar surface area (TPSA) is 92.5 Å². The molecule has 2 aliphatic rings. The number of piperidine rings is 1. The van der Waals surface area contributed by atoms with E-state index in [4.69, 9.17) is 29.3 Å². The monoisotopic (exact) mass is 307 g/mol. The van der Waals surface area contributed by atoms with Crippen molar-refractivity contribution >= 4 is 46.9 Å². The molecule has 0 spiro atoms. The number of fused-ring (bicyclic) bond motifs is 1. The summed E-state index contributed by atoms with van der Waals surface area (Å²) < 4.78 is 13.5. The Hall–Kier alpha value is -2.25. The van der Waals surface area contributed by atoms with E-state index in [0.717, 1.165) is 17.0 Å². The number of carbonyl (C=O) groups is 3. The minimum atomic E-state index is -2.18. The second kappa shape index (κ2) is 4.63. The second-order valence-corrected chi connectivity index (χ2v) is 5.77. The van der Waals surface area contributed by atoms with E-state index >= 15 is 0 Å². The van der Waals surface area contributed by atoms with Crippen molar-refractivity contribution in [2.45, 2.75) is 23.6 Å². The molecule has 0 unspecified atom stereocenters. The van der Waals surface area contributed by atoms with E-state index in [2.05, 4.69) is 0 Å². The number of halogens is 1. The molecule has 110 valence electrons. The SMILES string of the molecule is [B]C1([B])CC(=O)NC(=O)[C@@]1([B])N1Cc2c(N)cc(F)cc2C1=O. The zero-order valence-electron chi connectivity index (χ0n) is 11.9. The Labute approximate surface area is 135 Å². The van der Waals surface area contributed by atoms with Crippen LogP contribution in [0.5, 0.6) is 0 Å². The van der Waals surface area contributed by atoms with Crippen LogP contribution in [0.15, 0.2) is 12.1 Å². The molecule has 1 aromatic carbocycles. The van der Waals surface area contributed by atoms with Crippen LogP contribution in [0, 0.1) is 5.82 Å². The molecule has 0 bridgehead atoms. The molecule has 0 aromatic heterocycles. The van der Waals surface area contributed by atoms with Gasteiger partial charge in [-0.25, -0.2) is 4.39 Å². The number of hydrogen-bond donors (Lipinski definition) is 2. The first-order valence-corrected chi connectivity index (χ1v) is 6.68. The largest absolute Gasteiger partial charge is 0.398 e. The highest BCUT2D eigenvalue weighted by molar-refractivity contribution is 6.52. The molecule has 1 atom stereocenters. The number of nitrogens with two attached hydrogens (primary N) is 1. The Morgan fingerprint density at radius 3 is 2.48 bits per heavy atom. The quantitative estimate of drug-likeness (QED) is 0.384. The minimum absolute atomic E-state index is 0.0205. The van der Waals surface area contributed by atoms with Crippen LogP contribution in [-0.2, 0) is 16.1 Å². The van der Waals surface area contributed by atoms with E-state index in [-0.39, 0.29) is 17.8 Å². The molecule has 3 amide bonds. The molecule has 23 heavy (non-hydrogen) atoms. The summed E-state index contributed by atoms with van der Waals surface area (Å²) in [6.07, 6.45) is -0.459. The van der Waals surface area contributed by atoms with Gasteiger partial charge in [0, 0.05) is 29.8 Å². The van der Waals surface area contributed by atoms with Crippen LogP contribution >= 0.6 is 0 Å². The summed E-state index contributed by atoms with van der Waals surface area (Å²) in [7, 11) is 17.8. The van der Waals surface area contributed by atoms with Crippen molar-refractivity contribution in [1.29, 1.82) is 0 Å². The number of nitrogens with one attached hydrogen (secondary N) is 1. The summed E-state index contributed by atoms with van der Waals surface area (Å²) in [5, 5.41) is 0.0250. The van der Waals surface area contributed by atoms with Crippen molar-refractivity contribution in [3.05, 3.63) is 29.1 Å². The lowest BCUT2D eigenvalue weighted by molar-refractivity contribution is -0.139. The number of amides is 3. The van der Waals surface area contributed by atoms with E-state index in [0.29, 0.717) is 5.56 Å². The lowest BCUT2D eigenvalue weighted by Crippen LogP contribution is -2.70. The van der Waals surface area contributed by atoms with Gasteiger partial charge in [-0.3, -0.25) is 19.7 Å². The summed E-state index contributed by atoms with van der Waals surface area (Å²) >= 11 is 0. The van der Waals surface area contributed by atoms with Crippen molar-refractivity contribution < 1.29 is 18.8 Å². The maximum Gasteiger partial charge on any atom is 0.254 e. The van der Waals surface area contributed by atoms with Gasteiger partial charge in [-0.15, -0.1) is 0 Å². The Bertz CT molecular complexity index is 770. The number of imide groups is 1. The molecule has 0 aliphatic carbocycles. The van der Waals surface area contributed by atoms with Gasteiger partial charge in [0.2, 0.25) is 11.8 Å². The fourth-order valence-electron chi connectivity index (χ4n) is 2.94. The van der Waals surface area contributed by atoms with Crippen molar-refractivity contribution in [3.8, 4) is 0 Å². The van der Waals surface area contributed by atoms with Crippen LogP contribution < -0.4 is 11.1 Å². The van der Waals surface area contributed by atoms with Crippen LogP contribution in [0.4, 0.5) is 10.1 Å². The van der Waals surface area contributed by atoms with Crippen molar-refractivity contribution in [1.82, 2.24) is 10.2 Å². The second-order valence-electron chi connectivity index (χ2n) is 5.77. The molecule has 1 aromatic rings. The Morgan fingerprint density at radius 2 is 1.87 bits per heavy atom. The van der Waals surface area contributed by atoms with Crippen LogP contribution in [0.2, 0.25) is 5.21 Å². The van der Waals surface area contributed by atoms with E-state index in [1.54, 1.807) is 0 Å². The van der Waals surface area contributed by atoms with Crippen molar-refractivity contribution in [3.63, 3.8) is 0 Å². The average molecular weight is 307 g/mol. The summed E-state index contributed by atoms with van der Waals surface area (Å²) in [6, 6.07) is 2.05. The lowest BCUT2D eigenvalue weighted by atomic mass is 9.36. The third-order valence-electron chi connectivity index (χ3n) is 4.23. The Morgan fingerprint density at radius 1 is 1.22 bits per heavy atom. The van der Waals surface area contributed by atoms with Gasteiger partial charge in [0.1, 0.15) is 13.7 Å². The first-order valence-electron chi connectivity index (χ1n) is 6.68. The molecule has 2 aliphatic heterocycles. The highest BCUT2D eigenvalue weighted by Gasteiger charge is 2.56. The molecule has 10 heteroatoms. The van der Waals surface area contributed by atoms with E-state index < -0.39 is 40.6 Å². The molecular weight excluding hydrogens is 298 g/mol. The van der Waals surface area contributed by atoms with Crippen LogP contribution in [0.1, 0.15) is 22.3 Å². The predicted molar refractivity (Wildman–Crippen MR) is 81.1 cm³/mol. The highest BCUT2D eigenvalue weighted by Crippen LogP contribution is 2.45. The van der Waals surface area contributed by atoms with Crippen LogP contribution in [-0.4, -0.2) is 51.6 Å². The fourth-order valence-corrected chi connectivity index (χ4v) is 2.94. The first kappa shape index (κ1) is 15.6. The smallest absolute Gasteiger partial charge is 0.254 e. The summed E-state index contributed by atoms with van der Waals surface area (Å²) in [4.78, 5) is 37.2. The van der Waals surface area contributed by atoms with Gasteiger partial charge in [0.15, 0.2) is 0 Å². The Balaban J connectivity index is 2.09. The van der Waals surface area contributed by atoms with Gasteiger partial charge in [0.25, 0.3) is 5.91 Å². The zero-order valence-corrected chi connectivity index (χ0v) is 11.9. The number of anilines is 1. The van der Waals surface area contributed by atoms with Crippen LogP contribution in [0.25, 0.3) is 0 Å². The van der Waals surface area contributed by atoms with E-state index in [1.807, 2.05) is 5.32 Å². The third kappa shape index (κ3) is 2.00. The number of carbonyl (C=O) groups excluding carboxylic acids is 3. The van der Waals surface area contributed by atoms with E-state index in [9.17, 15) is 18.8 Å². The summed E-state index contributed by atoms with van der Waals surface area (Å²) in [5.41, 5.74) is 3.88. The molecule has 6 nitrogen and oxygen atoms in total. The number of nitrogen functional groups attached to an aromatic ring is 1. The molecule has 6 radical (unpaired) electrons. The van der Waals surface area contributed by atoms with Gasteiger partial charge >= 0.3 is 0 Å². The van der Waals surface area contributed by atoms with Gasteiger partial charge < -0.3 is 10.6 Å². The molecule has 3 N–H and O–H groups in total. The summed E-state index contributed by atoms with van der Waals surface area (Å²) in [6.45, 7) is -0.172. The molecule has 1 saturated heterocycles. The maximum atomic E-state index is 13.5. The average Bonchev–Trinajstić information content (AvgIpc) is 2.73. The molecule has 2 heterocycles. The van der Waals surface area contributed by atoms with E-state index in [1.165, 1.54) is 0 Å². The maximum absolute atomic E-state index is 13.5. The normalized spacial score (nSPS) is 26.1. The minimum Gasteiger partial charge on any atom is -0.398 e. The van der Waals surface area contributed by atoms with Gasteiger partial charge in [0.05, 0.1) is 21.1 Å². The molecule has 0 saturated carbocycles. The molecule has 3 rings (SSSR count). The zero-order chi connectivity index (χ0) is 17.2. The number of nitrogens with zero attached hydrogens (tertiary/aromatic N) is 1. The van der Waals surface area contributed by atoms with Crippen molar-refractivity contribution in [2.24, 2.45) is 0 Å². The fraction of sp³-hybridized carbons (Fsp3) is 0.308.